The van der Waals surface area contributed by atoms with Gasteiger partial charge in [-0.2, -0.15) is 0 Å². The highest BCUT2D eigenvalue weighted by Gasteiger charge is 2.22. The van der Waals surface area contributed by atoms with Gasteiger partial charge in [0.15, 0.2) is 0 Å². The largest absolute Gasteiger partial charge is 0.348 e. The second-order valence-corrected chi connectivity index (χ2v) is 9.21. The summed E-state index contributed by atoms with van der Waals surface area (Å²) in [4.78, 5) is 27.0. The Balaban J connectivity index is 1.56. The predicted octanol–water partition coefficient (Wildman–Crippen LogP) is 4.79. The van der Waals surface area contributed by atoms with Crippen molar-refractivity contribution in [2.75, 3.05) is 13.1 Å². The van der Waals surface area contributed by atoms with E-state index in [1.54, 1.807) is 0 Å². The zero-order valence-corrected chi connectivity index (χ0v) is 18.0. The molecule has 0 aromatic heterocycles. The molecule has 1 N–H and O–H groups in total. The summed E-state index contributed by atoms with van der Waals surface area (Å²) in [6, 6.07) is 15.3. The van der Waals surface area contributed by atoms with Gasteiger partial charge in [-0.05, 0) is 59.6 Å². The van der Waals surface area contributed by atoms with Gasteiger partial charge in [0.2, 0.25) is 0 Å². The summed E-state index contributed by atoms with van der Waals surface area (Å²) in [7, 11) is 0. The lowest BCUT2D eigenvalue weighted by Crippen LogP contribution is -2.39. The maximum absolute atomic E-state index is 12.7. The number of piperidine rings is 1. The van der Waals surface area contributed by atoms with Crippen LogP contribution >= 0.6 is 0 Å². The first-order valence-corrected chi connectivity index (χ1v) is 10.5. The van der Waals surface area contributed by atoms with Gasteiger partial charge in [-0.15, -0.1) is 0 Å². The van der Waals surface area contributed by atoms with E-state index in [9.17, 15) is 9.59 Å². The lowest BCUT2D eigenvalue weighted by molar-refractivity contribution is 0.0683. The highest BCUT2D eigenvalue weighted by atomic mass is 16.2. The molecule has 1 aliphatic rings. The molecular formula is C25H32N2O2. The summed E-state index contributed by atoms with van der Waals surface area (Å²) in [5, 5.41) is 2.96. The number of carbonyl (C=O) groups excluding carboxylic acids is 2. The predicted molar refractivity (Wildman–Crippen MR) is 117 cm³/mol. The van der Waals surface area contributed by atoms with E-state index in [1.165, 1.54) is 12.0 Å². The molecule has 0 spiro atoms. The first-order valence-electron chi connectivity index (χ1n) is 10.5. The van der Waals surface area contributed by atoms with Crippen molar-refractivity contribution < 1.29 is 9.59 Å². The third kappa shape index (κ3) is 5.47. The van der Waals surface area contributed by atoms with E-state index in [0.29, 0.717) is 23.6 Å². The van der Waals surface area contributed by atoms with Crippen LogP contribution in [0.1, 0.15) is 72.4 Å². The van der Waals surface area contributed by atoms with E-state index < -0.39 is 0 Å². The van der Waals surface area contributed by atoms with Gasteiger partial charge in [-0.1, -0.05) is 52.0 Å². The number of amides is 2. The third-order valence-corrected chi connectivity index (χ3v) is 5.61. The number of rotatable bonds is 4. The van der Waals surface area contributed by atoms with Crippen LogP contribution in [0.5, 0.6) is 0 Å². The summed E-state index contributed by atoms with van der Waals surface area (Å²) in [6.45, 7) is 10.8. The Labute approximate surface area is 174 Å². The van der Waals surface area contributed by atoms with Crippen molar-refractivity contribution in [1.29, 1.82) is 0 Å². The second-order valence-electron chi connectivity index (χ2n) is 9.21. The quantitative estimate of drug-likeness (QED) is 0.813. The SMILES string of the molecule is CC1CCCN(C(=O)c2ccc(CNC(=O)c3ccc(C(C)(C)C)cc3)cc2)C1. The second kappa shape index (κ2) is 8.81. The van der Waals surface area contributed by atoms with Gasteiger partial charge in [0.05, 0.1) is 0 Å². The van der Waals surface area contributed by atoms with E-state index in [0.717, 1.165) is 25.1 Å². The number of nitrogens with one attached hydrogen (secondary N) is 1. The van der Waals surface area contributed by atoms with Crippen LogP contribution in [-0.2, 0) is 12.0 Å². The topological polar surface area (TPSA) is 49.4 Å². The first-order chi connectivity index (χ1) is 13.7. The lowest BCUT2D eigenvalue weighted by Gasteiger charge is -2.31. The van der Waals surface area contributed by atoms with Crippen molar-refractivity contribution in [3.8, 4) is 0 Å². The van der Waals surface area contributed by atoms with Crippen LogP contribution in [0.15, 0.2) is 48.5 Å². The van der Waals surface area contributed by atoms with Crippen LogP contribution in [0, 0.1) is 5.92 Å². The van der Waals surface area contributed by atoms with E-state index in [4.69, 9.17) is 0 Å². The van der Waals surface area contributed by atoms with Gasteiger partial charge < -0.3 is 10.2 Å². The van der Waals surface area contributed by atoms with Crippen molar-refractivity contribution in [3.63, 3.8) is 0 Å². The van der Waals surface area contributed by atoms with Crippen molar-refractivity contribution in [2.45, 2.75) is 52.5 Å². The molecule has 3 rings (SSSR count). The molecule has 0 radical (unpaired) electrons. The van der Waals surface area contributed by atoms with E-state index in [2.05, 4.69) is 33.0 Å². The molecule has 2 amide bonds. The maximum atomic E-state index is 12.7. The molecule has 1 atom stereocenters. The molecule has 0 saturated carbocycles. The number of hydrogen-bond donors (Lipinski definition) is 1. The van der Waals surface area contributed by atoms with Gasteiger partial charge >= 0.3 is 0 Å². The molecule has 4 heteroatoms. The van der Waals surface area contributed by atoms with Crippen LogP contribution in [0.3, 0.4) is 0 Å². The number of hydrogen-bond acceptors (Lipinski definition) is 2. The maximum Gasteiger partial charge on any atom is 0.253 e. The Hall–Kier alpha value is -2.62. The normalized spacial score (nSPS) is 17.1. The van der Waals surface area contributed by atoms with Crippen molar-refractivity contribution >= 4 is 11.8 Å². The van der Waals surface area contributed by atoms with Gasteiger partial charge in [-0.25, -0.2) is 0 Å². The van der Waals surface area contributed by atoms with E-state index in [-0.39, 0.29) is 17.2 Å². The molecule has 1 aliphatic heterocycles. The minimum absolute atomic E-state index is 0.0699. The molecule has 1 fully saturated rings. The highest BCUT2D eigenvalue weighted by molar-refractivity contribution is 5.95. The number of carbonyl (C=O) groups is 2. The Morgan fingerprint density at radius 1 is 1.00 bits per heavy atom. The molecule has 1 unspecified atom stereocenters. The molecule has 154 valence electrons. The third-order valence-electron chi connectivity index (χ3n) is 5.61. The molecule has 0 aliphatic carbocycles. The number of benzene rings is 2. The highest BCUT2D eigenvalue weighted by Crippen LogP contribution is 2.22. The minimum Gasteiger partial charge on any atom is -0.348 e. The molecule has 29 heavy (non-hydrogen) atoms. The Bertz CT molecular complexity index is 848. The minimum atomic E-state index is -0.0899. The number of likely N-dealkylation sites (tertiary alicyclic amines) is 1. The van der Waals surface area contributed by atoms with Crippen LogP contribution in [0.2, 0.25) is 0 Å². The van der Waals surface area contributed by atoms with Crippen LogP contribution < -0.4 is 5.32 Å². The molecule has 1 saturated heterocycles. The first kappa shape index (κ1) is 21.1. The molecule has 4 nitrogen and oxygen atoms in total. The average Bonchev–Trinajstić information content (AvgIpc) is 2.71. The standard InChI is InChI=1S/C25H32N2O2/c1-18-6-5-15-27(17-18)24(29)21-9-7-19(8-10-21)16-26-23(28)20-11-13-22(14-12-20)25(2,3)4/h7-14,18H,5-6,15-17H2,1-4H3,(H,26,28). The van der Waals surface area contributed by atoms with Crippen LogP contribution in [-0.4, -0.2) is 29.8 Å². The summed E-state index contributed by atoms with van der Waals surface area (Å²) in [6.07, 6.45) is 2.27. The van der Waals surface area contributed by atoms with Gasteiger partial charge in [-0.3, -0.25) is 9.59 Å². The summed E-state index contributed by atoms with van der Waals surface area (Å²) >= 11 is 0. The van der Waals surface area contributed by atoms with Gasteiger partial charge in [0.1, 0.15) is 0 Å². The van der Waals surface area contributed by atoms with Crippen molar-refractivity contribution in [1.82, 2.24) is 10.2 Å². The molecule has 2 aromatic rings. The Morgan fingerprint density at radius 3 is 2.21 bits per heavy atom. The fraction of sp³-hybridized carbons (Fsp3) is 0.440. The van der Waals surface area contributed by atoms with Gasteiger partial charge in [0.25, 0.3) is 11.8 Å². The molecule has 2 aromatic carbocycles. The Morgan fingerprint density at radius 2 is 1.62 bits per heavy atom. The summed E-state index contributed by atoms with van der Waals surface area (Å²) in [5.74, 6) is 0.582. The molecular weight excluding hydrogens is 360 g/mol. The van der Waals surface area contributed by atoms with Crippen LogP contribution in [0.25, 0.3) is 0 Å². The van der Waals surface area contributed by atoms with Crippen molar-refractivity contribution in [3.05, 3.63) is 70.8 Å². The lowest BCUT2D eigenvalue weighted by atomic mass is 9.87. The fourth-order valence-corrected chi connectivity index (χ4v) is 3.73. The molecule has 0 bridgehead atoms. The van der Waals surface area contributed by atoms with Crippen molar-refractivity contribution in [2.24, 2.45) is 5.92 Å². The van der Waals surface area contributed by atoms with E-state index in [1.807, 2.05) is 53.4 Å². The van der Waals surface area contributed by atoms with Crippen LogP contribution in [0.4, 0.5) is 0 Å². The van der Waals surface area contributed by atoms with E-state index >= 15 is 0 Å². The smallest absolute Gasteiger partial charge is 0.253 e. The Kier molecular flexibility index (Phi) is 6.41. The monoisotopic (exact) mass is 392 g/mol. The van der Waals surface area contributed by atoms with Gasteiger partial charge in [0, 0.05) is 30.8 Å². The number of nitrogens with zero attached hydrogens (tertiary/aromatic N) is 1. The zero-order chi connectivity index (χ0) is 21.0. The zero-order valence-electron chi connectivity index (χ0n) is 18.0. The molecule has 1 heterocycles. The fourth-order valence-electron chi connectivity index (χ4n) is 3.73. The summed E-state index contributed by atoms with van der Waals surface area (Å²) in [5.41, 5.74) is 3.63. The average molecular weight is 393 g/mol. The summed E-state index contributed by atoms with van der Waals surface area (Å²) < 4.78 is 0.